The van der Waals surface area contributed by atoms with E-state index in [-0.39, 0.29) is 11.7 Å². The summed E-state index contributed by atoms with van der Waals surface area (Å²) in [5.74, 6) is 0.109. The van der Waals surface area contributed by atoms with E-state index in [9.17, 15) is 4.79 Å². The second-order valence-corrected chi connectivity index (χ2v) is 3.79. The molecule has 94 valence electrons. The second-order valence-electron chi connectivity index (χ2n) is 3.79. The van der Waals surface area contributed by atoms with Crippen molar-refractivity contribution in [2.75, 3.05) is 12.3 Å². The van der Waals surface area contributed by atoms with Crippen molar-refractivity contribution in [3.8, 4) is 0 Å². The van der Waals surface area contributed by atoms with E-state index < -0.39 is 0 Å². The Morgan fingerprint density at radius 2 is 2.33 bits per heavy atom. The number of carbonyl (C=O) groups excluding carboxylic acids is 1. The van der Waals surface area contributed by atoms with Crippen LogP contribution in [0.4, 0.5) is 5.69 Å². The summed E-state index contributed by atoms with van der Waals surface area (Å²) in [6.07, 6.45) is 0.456. The Hall–Kier alpha value is -2.37. The van der Waals surface area contributed by atoms with E-state index in [4.69, 9.17) is 10.3 Å². The van der Waals surface area contributed by atoms with Gasteiger partial charge >= 0.3 is 0 Å². The van der Waals surface area contributed by atoms with Crippen molar-refractivity contribution >= 4 is 11.6 Å². The molecule has 0 aliphatic heterocycles. The number of hydrogen-bond acceptors (Lipinski definition) is 5. The number of rotatable bonds is 4. The third kappa shape index (κ3) is 2.85. The number of nitrogen functional groups attached to an aromatic ring is 1. The smallest absolute Gasteiger partial charge is 0.292 e. The van der Waals surface area contributed by atoms with E-state index in [0.717, 1.165) is 5.56 Å². The largest absolute Gasteiger partial charge is 0.399 e. The summed E-state index contributed by atoms with van der Waals surface area (Å²) in [4.78, 5) is 15.5. The van der Waals surface area contributed by atoms with Gasteiger partial charge in [0.05, 0.1) is 6.42 Å². The molecule has 1 heterocycles. The Labute approximate surface area is 104 Å². The molecule has 0 atom stereocenters. The quantitative estimate of drug-likeness (QED) is 0.784. The van der Waals surface area contributed by atoms with Gasteiger partial charge in [0.25, 0.3) is 11.7 Å². The van der Waals surface area contributed by atoms with Gasteiger partial charge in [-0.3, -0.25) is 4.79 Å². The van der Waals surface area contributed by atoms with Gasteiger partial charge in [-0.05, 0) is 24.6 Å². The lowest BCUT2D eigenvalue weighted by atomic mass is 10.1. The van der Waals surface area contributed by atoms with Crippen LogP contribution in [-0.4, -0.2) is 22.6 Å². The minimum absolute atomic E-state index is 0.0516. The molecule has 0 aliphatic carbocycles. The molecule has 0 radical (unpaired) electrons. The molecular formula is C12H14N4O2. The van der Waals surface area contributed by atoms with E-state index in [1.807, 2.05) is 25.1 Å². The van der Waals surface area contributed by atoms with Gasteiger partial charge in [0.15, 0.2) is 0 Å². The van der Waals surface area contributed by atoms with Gasteiger partial charge in [0.1, 0.15) is 0 Å². The van der Waals surface area contributed by atoms with Gasteiger partial charge in [-0.15, -0.1) is 0 Å². The lowest BCUT2D eigenvalue weighted by Gasteiger charge is -1.97. The highest BCUT2D eigenvalue weighted by molar-refractivity contribution is 5.90. The SMILES string of the molecule is CCNC(=O)c1noc(Cc2cccc(N)c2)n1. The van der Waals surface area contributed by atoms with Crippen molar-refractivity contribution < 1.29 is 9.32 Å². The standard InChI is InChI=1S/C12H14N4O2/c1-2-14-12(17)11-15-10(18-16-11)7-8-4-3-5-9(13)6-8/h3-6H,2,7,13H2,1H3,(H,14,17). The fraction of sp³-hybridized carbons (Fsp3) is 0.250. The fourth-order valence-corrected chi connectivity index (χ4v) is 1.54. The van der Waals surface area contributed by atoms with Gasteiger partial charge in [-0.25, -0.2) is 0 Å². The van der Waals surface area contributed by atoms with Crippen LogP contribution in [0.15, 0.2) is 28.8 Å². The first kappa shape index (κ1) is 12.1. The molecule has 1 amide bonds. The highest BCUT2D eigenvalue weighted by atomic mass is 16.5. The predicted molar refractivity (Wildman–Crippen MR) is 66.0 cm³/mol. The van der Waals surface area contributed by atoms with E-state index in [1.54, 1.807) is 6.07 Å². The van der Waals surface area contributed by atoms with Gasteiger partial charge in [0, 0.05) is 12.2 Å². The summed E-state index contributed by atoms with van der Waals surface area (Å²) in [6, 6.07) is 7.39. The third-order valence-electron chi connectivity index (χ3n) is 2.31. The number of benzene rings is 1. The minimum Gasteiger partial charge on any atom is -0.399 e. The normalized spacial score (nSPS) is 10.3. The maximum atomic E-state index is 11.4. The molecule has 1 aromatic heterocycles. The maximum absolute atomic E-state index is 11.4. The van der Waals surface area contributed by atoms with Crippen LogP contribution in [0.25, 0.3) is 0 Å². The van der Waals surface area contributed by atoms with Crippen LogP contribution in [-0.2, 0) is 6.42 Å². The number of aromatic nitrogens is 2. The Kier molecular flexibility index (Phi) is 3.57. The molecule has 2 aromatic rings. The third-order valence-corrected chi connectivity index (χ3v) is 2.31. The number of nitrogens with one attached hydrogen (secondary N) is 1. The monoisotopic (exact) mass is 246 g/mol. The Morgan fingerprint density at radius 3 is 3.06 bits per heavy atom. The van der Waals surface area contributed by atoms with Crippen molar-refractivity contribution in [1.29, 1.82) is 0 Å². The second kappa shape index (κ2) is 5.31. The summed E-state index contributed by atoms with van der Waals surface area (Å²) in [7, 11) is 0. The van der Waals surface area contributed by atoms with Crippen LogP contribution in [0, 0.1) is 0 Å². The van der Waals surface area contributed by atoms with Gasteiger partial charge in [-0.2, -0.15) is 4.98 Å². The van der Waals surface area contributed by atoms with Gasteiger partial charge in [-0.1, -0.05) is 17.3 Å². The fourth-order valence-electron chi connectivity index (χ4n) is 1.54. The summed E-state index contributed by atoms with van der Waals surface area (Å²) in [5.41, 5.74) is 7.31. The van der Waals surface area contributed by atoms with Crippen LogP contribution >= 0.6 is 0 Å². The molecule has 0 saturated carbocycles. The van der Waals surface area contributed by atoms with E-state index in [1.165, 1.54) is 0 Å². The molecule has 0 saturated heterocycles. The molecule has 0 spiro atoms. The van der Waals surface area contributed by atoms with E-state index >= 15 is 0 Å². The highest BCUT2D eigenvalue weighted by Gasteiger charge is 2.13. The number of amides is 1. The maximum Gasteiger partial charge on any atom is 0.292 e. The Balaban J connectivity index is 2.09. The molecule has 2 rings (SSSR count). The molecule has 6 nitrogen and oxygen atoms in total. The van der Waals surface area contributed by atoms with Crippen LogP contribution in [0.1, 0.15) is 29.0 Å². The highest BCUT2D eigenvalue weighted by Crippen LogP contribution is 2.11. The van der Waals surface area contributed by atoms with Crippen LogP contribution in [0.2, 0.25) is 0 Å². The number of anilines is 1. The number of hydrogen-bond donors (Lipinski definition) is 2. The summed E-state index contributed by atoms with van der Waals surface area (Å²) < 4.78 is 5.01. The Bertz CT molecular complexity index is 551. The molecule has 0 fully saturated rings. The lowest BCUT2D eigenvalue weighted by molar-refractivity contribution is 0.0942. The predicted octanol–water partition coefficient (Wildman–Crippen LogP) is 0.992. The first-order valence-corrected chi connectivity index (χ1v) is 5.64. The zero-order valence-corrected chi connectivity index (χ0v) is 10.0. The average molecular weight is 246 g/mol. The van der Waals surface area contributed by atoms with Crippen molar-refractivity contribution in [2.45, 2.75) is 13.3 Å². The number of nitrogens with zero attached hydrogens (tertiary/aromatic N) is 2. The van der Waals surface area contributed by atoms with E-state index in [2.05, 4.69) is 15.5 Å². The van der Waals surface area contributed by atoms with Gasteiger partial charge < -0.3 is 15.6 Å². The number of nitrogens with two attached hydrogens (primary N) is 1. The van der Waals surface area contributed by atoms with Crippen LogP contribution < -0.4 is 11.1 Å². The van der Waals surface area contributed by atoms with Gasteiger partial charge in [0.2, 0.25) is 5.89 Å². The van der Waals surface area contributed by atoms with Crippen LogP contribution in [0.3, 0.4) is 0 Å². The molecule has 18 heavy (non-hydrogen) atoms. The molecule has 1 aromatic carbocycles. The van der Waals surface area contributed by atoms with Crippen molar-refractivity contribution in [3.63, 3.8) is 0 Å². The average Bonchev–Trinajstić information content (AvgIpc) is 2.78. The Morgan fingerprint density at radius 1 is 1.50 bits per heavy atom. The molecule has 6 heteroatoms. The summed E-state index contributed by atoms with van der Waals surface area (Å²) in [6.45, 7) is 2.35. The molecule has 3 N–H and O–H groups in total. The zero-order valence-electron chi connectivity index (χ0n) is 10.0. The summed E-state index contributed by atoms with van der Waals surface area (Å²) in [5, 5.41) is 6.23. The first-order chi connectivity index (χ1) is 8.69. The van der Waals surface area contributed by atoms with Crippen LogP contribution in [0.5, 0.6) is 0 Å². The molecule has 0 unspecified atom stereocenters. The molecular weight excluding hydrogens is 232 g/mol. The molecule has 0 aliphatic rings. The minimum atomic E-state index is -0.333. The lowest BCUT2D eigenvalue weighted by Crippen LogP contribution is -2.23. The first-order valence-electron chi connectivity index (χ1n) is 5.64. The van der Waals surface area contributed by atoms with Crippen molar-refractivity contribution in [1.82, 2.24) is 15.5 Å². The zero-order chi connectivity index (χ0) is 13.0. The summed E-state index contributed by atoms with van der Waals surface area (Å²) >= 11 is 0. The topological polar surface area (TPSA) is 94.0 Å². The van der Waals surface area contributed by atoms with E-state index in [0.29, 0.717) is 24.5 Å². The number of carbonyl (C=O) groups is 1. The molecule has 0 bridgehead atoms. The van der Waals surface area contributed by atoms with Crippen molar-refractivity contribution in [3.05, 3.63) is 41.5 Å². The van der Waals surface area contributed by atoms with Crippen molar-refractivity contribution in [2.24, 2.45) is 0 Å².